The number of nitrogens with one attached hydrogen (secondary N) is 1. The number of aromatic nitrogens is 2. The largest absolute Gasteiger partial charge is 0.478 e. The number of nitrogen functional groups attached to an aromatic ring is 1. The third kappa shape index (κ3) is 2.71. The summed E-state index contributed by atoms with van der Waals surface area (Å²) >= 11 is 0. The van der Waals surface area contributed by atoms with Crippen LogP contribution >= 0.6 is 0 Å². The maximum absolute atomic E-state index is 11.9. The van der Waals surface area contributed by atoms with Gasteiger partial charge in [-0.2, -0.15) is 5.10 Å². The highest BCUT2D eigenvalue weighted by atomic mass is 16.4. The van der Waals surface area contributed by atoms with Crippen molar-refractivity contribution in [2.45, 2.75) is 0 Å². The van der Waals surface area contributed by atoms with E-state index in [-0.39, 0.29) is 16.9 Å². The zero-order chi connectivity index (χ0) is 14.0. The third-order valence-electron chi connectivity index (χ3n) is 2.47. The first kappa shape index (κ1) is 12.6. The molecule has 2 rings (SSSR count). The number of nitrogens with zero attached hydrogens (tertiary/aromatic N) is 2. The molecule has 0 bridgehead atoms. The highest BCUT2D eigenvalue weighted by Crippen LogP contribution is 2.19. The fourth-order valence-corrected chi connectivity index (χ4v) is 1.57. The van der Waals surface area contributed by atoms with E-state index in [2.05, 4.69) is 10.4 Å². The SMILES string of the molecule is Cn1ccc(C(=O)Nc2ccc(N)cc2C(=O)O)n1. The molecule has 1 amide bonds. The Balaban J connectivity index is 2.28. The van der Waals surface area contributed by atoms with Crippen LogP contribution in [0.15, 0.2) is 30.5 Å². The van der Waals surface area contributed by atoms with Crippen LogP contribution in [0.4, 0.5) is 11.4 Å². The van der Waals surface area contributed by atoms with Crippen molar-refractivity contribution in [2.24, 2.45) is 7.05 Å². The van der Waals surface area contributed by atoms with Crippen molar-refractivity contribution in [1.29, 1.82) is 0 Å². The number of aryl methyl sites for hydroxylation is 1. The first-order valence-electron chi connectivity index (χ1n) is 5.41. The van der Waals surface area contributed by atoms with Crippen molar-refractivity contribution in [3.05, 3.63) is 41.7 Å². The molecule has 0 spiro atoms. The number of carboxylic acid groups (broad SMARTS) is 1. The Labute approximate surface area is 108 Å². The minimum absolute atomic E-state index is 0.0655. The molecule has 0 aliphatic carbocycles. The summed E-state index contributed by atoms with van der Waals surface area (Å²) in [7, 11) is 1.68. The first-order valence-corrected chi connectivity index (χ1v) is 5.41. The van der Waals surface area contributed by atoms with E-state index in [0.717, 1.165) is 0 Å². The molecule has 0 saturated heterocycles. The smallest absolute Gasteiger partial charge is 0.337 e. The molecule has 2 aromatic rings. The van der Waals surface area contributed by atoms with E-state index in [1.165, 1.54) is 28.9 Å². The average molecular weight is 260 g/mol. The van der Waals surface area contributed by atoms with E-state index < -0.39 is 11.9 Å². The maximum Gasteiger partial charge on any atom is 0.337 e. The summed E-state index contributed by atoms with van der Waals surface area (Å²) in [6.07, 6.45) is 1.62. The second-order valence-electron chi connectivity index (χ2n) is 3.94. The third-order valence-corrected chi connectivity index (χ3v) is 2.47. The highest BCUT2D eigenvalue weighted by Gasteiger charge is 2.15. The predicted octanol–water partition coefficient (Wildman–Crippen LogP) is 0.953. The molecule has 4 N–H and O–H groups in total. The highest BCUT2D eigenvalue weighted by molar-refractivity contribution is 6.07. The van der Waals surface area contributed by atoms with Gasteiger partial charge >= 0.3 is 5.97 Å². The molecule has 98 valence electrons. The van der Waals surface area contributed by atoms with E-state index in [0.29, 0.717) is 5.69 Å². The standard InChI is InChI=1S/C12H12N4O3/c1-16-5-4-10(15-16)11(17)14-9-3-2-7(13)6-8(9)12(18)19/h2-6H,13H2,1H3,(H,14,17)(H,18,19). The van der Waals surface area contributed by atoms with Crippen molar-refractivity contribution in [3.63, 3.8) is 0 Å². The summed E-state index contributed by atoms with van der Waals surface area (Å²) in [5.41, 5.74) is 6.15. The lowest BCUT2D eigenvalue weighted by Gasteiger charge is -2.07. The van der Waals surface area contributed by atoms with Gasteiger partial charge in [-0.15, -0.1) is 0 Å². The summed E-state index contributed by atoms with van der Waals surface area (Å²) in [5, 5.41) is 15.5. The number of anilines is 2. The van der Waals surface area contributed by atoms with Gasteiger partial charge in [0.2, 0.25) is 0 Å². The number of amides is 1. The molecule has 0 aliphatic heterocycles. The second kappa shape index (κ2) is 4.81. The molecule has 1 aromatic carbocycles. The number of carbonyl (C=O) groups is 2. The Morgan fingerprint density at radius 1 is 1.37 bits per heavy atom. The van der Waals surface area contributed by atoms with Crippen molar-refractivity contribution in [3.8, 4) is 0 Å². The molecule has 7 nitrogen and oxygen atoms in total. The van der Waals surface area contributed by atoms with Crippen LogP contribution in [0.3, 0.4) is 0 Å². The normalized spacial score (nSPS) is 10.2. The quantitative estimate of drug-likeness (QED) is 0.712. The molecule has 0 atom stereocenters. The lowest BCUT2D eigenvalue weighted by Crippen LogP contribution is -2.16. The van der Waals surface area contributed by atoms with Crippen LogP contribution in [0.25, 0.3) is 0 Å². The van der Waals surface area contributed by atoms with Crippen LogP contribution < -0.4 is 11.1 Å². The second-order valence-corrected chi connectivity index (χ2v) is 3.94. The van der Waals surface area contributed by atoms with Gasteiger partial charge in [0.25, 0.3) is 5.91 Å². The van der Waals surface area contributed by atoms with Crippen LogP contribution in [-0.4, -0.2) is 26.8 Å². The van der Waals surface area contributed by atoms with E-state index in [9.17, 15) is 9.59 Å². The number of benzene rings is 1. The molecule has 1 heterocycles. The molecule has 1 aromatic heterocycles. The summed E-state index contributed by atoms with van der Waals surface area (Å²) in [4.78, 5) is 22.9. The number of carboxylic acids is 1. The number of rotatable bonds is 3. The summed E-state index contributed by atoms with van der Waals surface area (Å²) in [6.45, 7) is 0. The van der Waals surface area contributed by atoms with Crippen molar-refractivity contribution < 1.29 is 14.7 Å². The van der Waals surface area contributed by atoms with E-state index in [1.807, 2.05) is 0 Å². The number of hydrogen-bond donors (Lipinski definition) is 3. The maximum atomic E-state index is 11.9. The van der Waals surface area contributed by atoms with Gasteiger partial charge in [-0.05, 0) is 24.3 Å². The minimum atomic E-state index is -1.16. The van der Waals surface area contributed by atoms with Crippen LogP contribution in [0.5, 0.6) is 0 Å². The Bertz CT molecular complexity index is 648. The number of hydrogen-bond acceptors (Lipinski definition) is 4. The zero-order valence-corrected chi connectivity index (χ0v) is 10.1. The molecule has 0 unspecified atom stereocenters. The van der Waals surface area contributed by atoms with Gasteiger partial charge < -0.3 is 16.2 Å². The fourth-order valence-electron chi connectivity index (χ4n) is 1.57. The van der Waals surface area contributed by atoms with Crippen LogP contribution in [0.1, 0.15) is 20.8 Å². The van der Waals surface area contributed by atoms with Gasteiger partial charge in [-0.25, -0.2) is 4.79 Å². The summed E-state index contributed by atoms with van der Waals surface area (Å²) in [6, 6.07) is 5.78. The predicted molar refractivity (Wildman–Crippen MR) is 69.0 cm³/mol. The number of aromatic carboxylic acids is 1. The molecule has 0 aliphatic rings. The van der Waals surface area contributed by atoms with Crippen molar-refractivity contribution in [1.82, 2.24) is 9.78 Å². The summed E-state index contributed by atoms with van der Waals surface area (Å²) < 4.78 is 1.48. The van der Waals surface area contributed by atoms with Gasteiger partial charge in [0, 0.05) is 18.9 Å². The molecular formula is C12H12N4O3. The van der Waals surface area contributed by atoms with Crippen LogP contribution in [0, 0.1) is 0 Å². The van der Waals surface area contributed by atoms with Gasteiger partial charge in [0.05, 0.1) is 11.3 Å². The van der Waals surface area contributed by atoms with E-state index >= 15 is 0 Å². The first-order chi connectivity index (χ1) is 8.97. The monoisotopic (exact) mass is 260 g/mol. The van der Waals surface area contributed by atoms with Gasteiger partial charge in [0.1, 0.15) is 0 Å². The number of nitrogens with two attached hydrogens (primary N) is 1. The summed E-state index contributed by atoms with van der Waals surface area (Å²) in [5.74, 6) is -1.64. The molecule has 0 fully saturated rings. The van der Waals surface area contributed by atoms with Gasteiger partial charge in [-0.1, -0.05) is 0 Å². The Morgan fingerprint density at radius 2 is 2.11 bits per heavy atom. The van der Waals surface area contributed by atoms with Crippen LogP contribution in [-0.2, 0) is 7.05 Å². The van der Waals surface area contributed by atoms with E-state index in [1.54, 1.807) is 13.2 Å². The molecular weight excluding hydrogens is 248 g/mol. The molecule has 19 heavy (non-hydrogen) atoms. The lowest BCUT2D eigenvalue weighted by molar-refractivity contribution is 0.0698. The topological polar surface area (TPSA) is 110 Å². The van der Waals surface area contributed by atoms with E-state index in [4.69, 9.17) is 10.8 Å². The van der Waals surface area contributed by atoms with Gasteiger partial charge in [-0.3, -0.25) is 9.48 Å². The number of carbonyl (C=O) groups excluding carboxylic acids is 1. The Morgan fingerprint density at radius 3 is 2.68 bits per heavy atom. The Kier molecular flexibility index (Phi) is 3.19. The van der Waals surface area contributed by atoms with Crippen LogP contribution in [0.2, 0.25) is 0 Å². The molecule has 7 heteroatoms. The lowest BCUT2D eigenvalue weighted by atomic mass is 10.1. The van der Waals surface area contributed by atoms with Gasteiger partial charge in [0.15, 0.2) is 5.69 Å². The minimum Gasteiger partial charge on any atom is -0.478 e. The average Bonchev–Trinajstić information content (AvgIpc) is 2.78. The zero-order valence-electron chi connectivity index (χ0n) is 10.1. The van der Waals surface area contributed by atoms with Crippen molar-refractivity contribution >= 4 is 23.3 Å². The Hall–Kier alpha value is -2.83. The molecule has 0 radical (unpaired) electrons. The van der Waals surface area contributed by atoms with Crippen molar-refractivity contribution in [2.75, 3.05) is 11.1 Å². The fraction of sp³-hybridized carbons (Fsp3) is 0.0833. The molecule has 0 saturated carbocycles.